The summed E-state index contributed by atoms with van der Waals surface area (Å²) in [5, 5.41) is 8.79. The maximum absolute atomic E-state index is 15.7. The number of alkyl halides is 3. The van der Waals surface area contributed by atoms with Gasteiger partial charge in [-0.05, 0) is 48.9 Å². The lowest BCUT2D eigenvalue weighted by atomic mass is 9.75. The van der Waals surface area contributed by atoms with E-state index >= 15 is 4.39 Å². The minimum absolute atomic E-state index is 0.0144. The van der Waals surface area contributed by atoms with E-state index in [0.29, 0.717) is 10.6 Å². The van der Waals surface area contributed by atoms with E-state index < -0.39 is 63.1 Å². The first-order valence-electron chi connectivity index (χ1n) is 11.9. The molecular weight excluding hydrogens is 534 g/mol. The van der Waals surface area contributed by atoms with Gasteiger partial charge in [-0.2, -0.15) is 0 Å². The maximum Gasteiger partial charge on any atom is 0.255 e. The molecule has 1 heterocycles. The van der Waals surface area contributed by atoms with Gasteiger partial charge in [0, 0.05) is 36.0 Å². The number of benzene rings is 2. The second-order valence-electron chi connectivity index (χ2n) is 10.3. The number of hydrogen-bond donors (Lipinski definition) is 3. The number of halogens is 5. The highest BCUT2D eigenvalue weighted by molar-refractivity contribution is 7.92. The number of amides is 1. The minimum Gasteiger partial charge on any atom is -0.380 e. The van der Waals surface area contributed by atoms with Crippen molar-refractivity contribution in [1.82, 2.24) is 9.62 Å². The molecule has 2 aliphatic carbocycles. The van der Waals surface area contributed by atoms with Gasteiger partial charge < -0.3 is 10.0 Å². The van der Waals surface area contributed by atoms with Crippen molar-refractivity contribution in [1.29, 1.82) is 4.78 Å². The number of carbonyl (C=O) groups excluding carboxylic acids is 1. The van der Waals surface area contributed by atoms with Crippen LogP contribution in [0.4, 0.5) is 17.6 Å². The Hall–Kier alpha value is -2.21. The Kier molecular flexibility index (Phi) is 6.37. The maximum atomic E-state index is 15.7. The first kappa shape index (κ1) is 26.4. The van der Waals surface area contributed by atoms with Crippen LogP contribution in [0.5, 0.6) is 0 Å². The standard InChI is InChI=1S/C25H26ClF4N3O3S/c26-17-5-1-3-15(11-17)18-6-2-4-16(21(18)27)12-20-19(32-37(31,36)25(30)8-9-25)7-10-33(20)22(34)23(35)13-24(28,29)14-23/h1-6,11,19-20,35H,7-10,12-14H2,(H2,31,32,36)/t19-,20-,37?/m0/s1. The van der Waals surface area contributed by atoms with Crippen molar-refractivity contribution in [3.05, 3.63) is 58.9 Å². The third-order valence-electron chi connectivity index (χ3n) is 7.43. The number of aliphatic hydroxyl groups is 1. The highest BCUT2D eigenvalue weighted by Crippen LogP contribution is 2.48. The predicted octanol–water partition coefficient (Wildman–Crippen LogP) is 4.83. The minimum atomic E-state index is -3.90. The van der Waals surface area contributed by atoms with Crippen molar-refractivity contribution in [2.75, 3.05) is 6.54 Å². The largest absolute Gasteiger partial charge is 0.380 e. The van der Waals surface area contributed by atoms with Crippen molar-refractivity contribution >= 4 is 27.4 Å². The summed E-state index contributed by atoms with van der Waals surface area (Å²) in [6, 6.07) is 9.45. The van der Waals surface area contributed by atoms with Crippen molar-refractivity contribution in [3.63, 3.8) is 0 Å². The molecule has 1 saturated heterocycles. The summed E-state index contributed by atoms with van der Waals surface area (Å²) < 4.78 is 80.8. The third kappa shape index (κ3) is 4.86. The highest BCUT2D eigenvalue weighted by Gasteiger charge is 2.62. The van der Waals surface area contributed by atoms with Gasteiger partial charge in [0.05, 0.1) is 6.04 Å². The Morgan fingerprint density at radius 1 is 1.19 bits per heavy atom. The van der Waals surface area contributed by atoms with Crippen molar-refractivity contribution in [2.24, 2.45) is 0 Å². The Labute approximate surface area is 217 Å². The molecule has 3 atom stereocenters. The van der Waals surface area contributed by atoms with E-state index in [1.54, 1.807) is 36.4 Å². The summed E-state index contributed by atoms with van der Waals surface area (Å²) in [6.45, 7) is -0.0144. The number of nitrogens with zero attached hydrogens (tertiary/aromatic N) is 1. The average Bonchev–Trinajstić information content (AvgIpc) is 3.46. The first-order valence-corrected chi connectivity index (χ1v) is 13.9. The van der Waals surface area contributed by atoms with Crippen LogP contribution in [-0.2, 0) is 21.1 Å². The van der Waals surface area contributed by atoms with Crippen LogP contribution in [0.15, 0.2) is 42.5 Å². The molecule has 0 radical (unpaired) electrons. The van der Waals surface area contributed by atoms with Crippen molar-refractivity contribution < 1.29 is 31.7 Å². The third-order valence-corrected chi connectivity index (χ3v) is 9.73. The Balaban J connectivity index is 1.46. The van der Waals surface area contributed by atoms with E-state index in [1.807, 2.05) is 0 Å². The summed E-state index contributed by atoms with van der Waals surface area (Å²) in [5.74, 6) is -4.69. The van der Waals surface area contributed by atoms with Crippen LogP contribution >= 0.6 is 11.6 Å². The van der Waals surface area contributed by atoms with E-state index in [0.717, 1.165) is 0 Å². The van der Waals surface area contributed by atoms with Gasteiger partial charge in [-0.3, -0.25) is 4.79 Å². The molecule has 2 aromatic carbocycles. The molecule has 6 nitrogen and oxygen atoms in total. The molecule has 5 rings (SSSR count). The molecule has 1 unspecified atom stereocenters. The normalized spacial score (nSPS) is 26.8. The van der Waals surface area contributed by atoms with Crippen molar-refractivity contribution in [2.45, 2.75) is 67.1 Å². The molecule has 200 valence electrons. The lowest BCUT2D eigenvalue weighted by Gasteiger charge is -2.44. The van der Waals surface area contributed by atoms with E-state index in [9.17, 15) is 27.3 Å². The van der Waals surface area contributed by atoms with Crippen LogP contribution in [0.2, 0.25) is 5.02 Å². The van der Waals surface area contributed by atoms with Gasteiger partial charge in [0.2, 0.25) is 5.00 Å². The number of carbonyl (C=O) groups is 1. The Morgan fingerprint density at radius 2 is 1.86 bits per heavy atom. The smallest absolute Gasteiger partial charge is 0.255 e. The summed E-state index contributed by atoms with van der Waals surface area (Å²) in [6.07, 6.45) is -2.13. The number of likely N-dealkylation sites (tertiary alicyclic amines) is 1. The monoisotopic (exact) mass is 559 g/mol. The molecule has 12 heteroatoms. The Morgan fingerprint density at radius 3 is 2.49 bits per heavy atom. The van der Waals surface area contributed by atoms with Crippen LogP contribution < -0.4 is 4.72 Å². The first-order chi connectivity index (χ1) is 17.2. The lowest BCUT2D eigenvalue weighted by Crippen LogP contribution is -2.63. The number of hydrogen-bond acceptors (Lipinski definition) is 4. The molecule has 2 saturated carbocycles. The second kappa shape index (κ2) is 8.93. The number of nitrogens with one attached hydrogen (secondary N) is 2. The molecule has 3 fully saturated rings. The van der Waals surface area contributed by atoms with Crippen molar-refractivity contribution in [3.8, 4) is 11.1 Å². The van der Waals surface area contributed by atoms with Crippen LogP contribution in [0.3, 0.4) is 0 Å². The fourth-order valence-electron chi connectivity index (χ4n) is 5.26. The van der Waals surface area contributed by atoms with Crippen LogP contribution in [0, 0.1) is 10.6 Å². The van der Waals surface area contributed by atoms with Gasteiger partial charge >= 0.3 is 0 Å². The molecule has 37 heavy (non-hydrogen) atoms. The quantitative estimate of drug-likeness (QED) is 0.424. The molecule has 3 aliphatic rings. The van der Waals surface area contributed by atoms with Gasteiger partial charge in [0.25, 0.3) is 11.8 Å². The van der Waals surface area contributed by atoms with Gasteiger partial charge in [-0.15, -0.1) is 0 Å². The van der Waals surface area contributed by atoms with E-state index in [1.165, 1.54) is 11.0 Å². The van der Waals surface area contributed by atoms with E-state index in [4.69, 9.17) is 16.4 Å². The van der Waals surface area contributed by atoms with Crippen LogP contribution in [0.1, 0.15) is 37.7 Å². The predicted molar refractivity (Wildman–Crippen MR) is 131 cm³/mol. The SMILES string of the molecule is N=S(=O)(N[C@H]1CCN(C(=O)C2(O)CC(F)(F)C2)[C@H]1Cc1cccc(-c2cccc(Cl)c2)c1F)C1(F)CC1. The van der Waals surface area contributed by atoms with Gasteiger partial charge in [-0.25, -0.2) is 31.3 Å². The summed E-state index contributed by atoms with van der Waals surface area (Å²) in [7, 11) is -3.90. The zero-order valence-electron chi connectivity index (χ0n) is 19.7. The Bertz CT molecular complexity index is 1340. The van der Waals surface area contributed by atoms with Gasteiger partial charge in [-0.1, -0.05) is 41.9 Å². The average molecular weight is 560 g/mol. The fraction of sp³-hybridized carbons (Fsp3) is 0.480. The zero-order chi connectivity index (χ0) is 26.8. The van der Waals surface area contributed by atoms with E-state index in [-0.39, 0.29) is 43.4 Å². The van der Waals surface area contributed by atoms with Gasteiger partial charge in [0.15, 0.2) is 5.60 Å². The van der Waals surface area contributed by atoms with Crippen LogP contribution in [0.25, 0.3) is 11.1 Å². The second-order valence-corrected chi connectivity index (χ2v) is 12.8. The lowest BCUT2D eigenvalue weighted by molar-refractivity contribution is -0.215. The molecule has 3 N–H and O–H groups in total. The molecule has 1 amide bonds. The van der Waals surface area contributed by atoms with E-state index in [2.05, 4.69) is 4.72 Å². The summed E-state index contributed by atoms with van der Waals surface area (Å²) >= 11 is 6.06. The van der Waals surface area contributed by atoms with Gasteiger partial charge in [0.1, 0.15) is 15.7 Å². The topological polar surface area (TPSA) is 93.5 Å². The molecule has 0 bridgehead atoms. The molecule has 1 aliphatic heterocycles. The van der Waals surface area contributed by atoms with Crippen LogP contribution in [-0.4, -0.2) is 55.3 Å². The molecule has 0 aromatic heterocycles. The zero-order valence-corrected chi connectivity index (χ0v) is 21.2. The number of rotatable bonds is 7. The fourth-order valence-corrected chi connectivity index (χ4v) is 7.04. The molecule has 0 spiro atoms. The molecule has 2 aromatic rings. The molecular formula is C25H26ClF4N3O3S. The summed E-state index contributed by atoms with van der Waals surface area (Å²) in [4.78, 5) is 14.4. The summed E-state index contributed by atoms with van der Waals surface area (Å²) in [5.41, 5.74) is -1.31. The highest BCUT2D eigenvalue weighted by atomic mass is 35.5.